The molecular weight excluding hydrogens is 262 g/mol. The van der Waals surface area contributed by atoms with Crippen molar-refractivity contribution < 1.29 is 14.3 Å². The van der Waals surface area contributed by atoms with Crippen molar-refractivity contribution in [3.8, 4) is 11.5 Å². The Morgan fingerprint density at radius 3 is 2.71 bits per heavy atom. The van der Waals surface area contributed by atoms with Crippen molar-refractivity contribution in [2.75, 3.05) is 30.5 Å². The zero-order chi connectivity index (χ0) is 12.3. The van der Waals surface area contributed by atoms with Crippen molar-refractivity contribution in [3.63, 3.8) is 0 Å². The van der Waals surface area contributed by atoms with Gasteiger partial charge in [-0.3, -0.25) is 4.79 Å². The van der Waals surface area contributed by atoms with Crippen molar-refractivity contribution in [3.05, 3.63) is 17.2 Å². The highest BCUT2D eigenvalue weighted by Gasteiger charge is 2.16. The summed E-state index contributed by atoms with van der Waals surface area (Å²) in [5, 5.41) is 3.18. The van der Waals surface area contributed by atoms with Gasteiger partial charge < -0.3 is 14.8 Å². The molecule has 2 rings (SSSR count). The smallest absolute Gasteiger partial charge is 0.234 e. The Morgan fingerprint density at radius 2 is 2.06 bits per heavy atom. The quantitative estimate of drug-likeness (QED) is 0.919. The normalized spacial score (nSPS) is 13.3. The number of thioether (sulfide) groups is 1. The molecule has 1 aromatic carbocycles. The number of rotatable bonds is 3. The summed E-state index contributed by atoms with van der Waals surface area (Å²) < 4.78 is 10.8. The van der Waals surface area contributed by atoms with Gasteiger partial charge in [-0.15, -0.1) is 0 Å². The Balaban J connectivity index is 2.19. The van der Waals surface area contributed by atoms with Gasteiger partial charge >= 0.3 is 0 Å². The molecule has 1 N–H and O–H groups in total. The van der Waals surface area contributed by atoms with E-state index < -0.39 is 0 Å². The van der Waals surface area contributed by atoms with Crippen molar-refractivity contribution >= 4 is 35.0 Å². The van der Waals surface area contributed by atoms with E-state index in [1.54, 1.807) is 12.1 Å². The molecule has 0 spiro atoms. The molecule has 0 aliphatic carbocycles. The third-order valence-corrected chi connectivity index (χ3v) is 3.04. The molecule has 92 valence electrons. The van der Waals surface area contributed by atoms with Gasteiger partial charge in [0.2, 0.25) is 5.91 Å². The van der Waals surface area contributed by atoms with Gasteiger partial charge in [0.1, 0.15) is 13.2 Å². The van der Waals surface area contributed by atoms with E-state index in [0.717, 1.165) is 0 Å². The summed E-state index contributed by atoms with van der Waals surface area (Å²) in [6.45, 7) is 1.02. The molecule has 1 heterocycles. The van der Waals surface area contributed by atoms with Gasteiger partial charge in [0.15, 0.2) is 11.5 Å². The van der Waals surface area contributed by atoms with Gasteiger partial charge in [-0.25, -0.2) is 0 Å². The molecule has 0 unspecified atom stereocenters. The molecule has 0 atom stereocenters. The van der Waals surface area contributed by atoms with Crippen LogP contribution in [-0.2, 0) is 4.79 Å². The molecule has 0 saturated carbocycles. The minimum Gasteiger partial charge on any atom is -0.486 e. The molecule has 0 radical (unpaired) electrons. The van der Waals surface area contributed by atoms with E-state index in [9.17, 15) is 4.79 Å². The molecule has 1 amide bonds. The van der Waals surface area contributed by atoms with Crippen molar-refractivity contribution in [1.82, 2.24) is 0 Å². The van der Waals surface area contributed by atoms with E-state index in [-0.39, 0.29) is 5.91 Å². The fraction of sp³-hybridized carbons (Fsp3) is 0.364. The van der Waals surface area contributed by atoms with Gasteiger partial charge in [0.25, 0.3) is 0 Å². The number of anilines is 1. The first kappa shape index (κ1) is 12.4. The van der Waals surface area contributed by atoms with Gasteiger partial charge in [0.05, 0.1) is 16.5 Å². The SMILES string of the molecule is CSCC(=O)Nc1cc2c(cc1Cl)OCCO2. The lowest BCUT2D eigenvalue weighted by molar-refractivity contribution is -0.113. The number of halogens is 1. The summed E-state index contributed by atoms with van der Waals surface area (Å²) in [4.78, 5) is 11.5. The van der Waals surface area contributed by atoms with Gasteiger partial charge in [-0.1, -0.05) is 11.6 Å². The van der Waals surface area contributed by atoms with Crippen LogP contribution in [0.2, 0.25) is 5.02 Å². The number of nitrogens with one attached hydrogen (secondary N) is 1. The second-order valence-corrected chi connectivity index (χ2v) is 4.73. The van der Waals surface area contributed by atoms with Crippen LogP contribution in [0.15, 0.2) is 12.1 Å². The average molecular weight is 274 g/mol. The fourth-order valence-corrected chi connectivity index (χ4v) is 2.01. The van der Waals surface area contributed by atoms with Gasteiger partial charge in [-0.2, -0.15) is 11.8 Å². The third kappa shape index (κ3) is 2.98. The largest absolute Gasteiger partial charge is 0.486 e. The number of hydrogen-bond donors (Lipinski definition) is 1. The Labute approximate surface area is 109 Å². The van der Waals surface area contributed by atoms with Crippen LogP contribution in [0, 0.1) is 0 Å². The zero-order valence-electron chi connectivity index (χ0n) is 9.29. The van der Waals surface area contributed by atoms with E-state index in [2.05, 4.69) is 5.32 Å². The van der Waals surface area contributed by atoms with E-state index in [1.807, 2.05) is 6.26 Å². The summed E-state index contributed by atoms with van der Waals surface area (Å²) in [6, 6.07) is 3.35. The first-order valence-corrected chi connectivity index (χ1v) is 6.86. The summed E-state index contributed by atoms with van der Waals surface area (Å²) in [5.41, 5.74) is 0.551. The predicted octanol–water partition coefficient (Wildman–Crippen LogP) is 2.41. The number of carbonyl (C=O) groups is 1. The maximum absolute atomic E-state index is 11.5. The zero-order valence-corrected chi connectivity index (χ0v) is 10.9. The van der Waals surface area contributed by atoms with E-state index in [4.69, 9.17) is 21.1 Å². The Kier molecular flexibility index (Phi) is 4.02. The molecule has 4 nitrogen and oxygen atoms in total. The molecular formula is C11H12ClNO3S. The Morgan fingerprint density at radius 1 is 1.41 bits per heavy atom. The molecule has 0 saturated heterocycles. The molecule has 1 aromatic rings. The number of carbonyl (C=O) groups excluding carboxylic acids is 1. The molecule has 17 heavy (non-hydrogen) atoms. The van der Waals surface area contributed by atoms with Crippen LogP contribution >= 0.6 is 23.4 Å². The number of ether oxygens (including phenoxy) is 2. The minimum absolute atomic E-state index is 0.0870. The maximum atomic E-state index is 11.5. The molecule has 6 heteroatoms. The topological polar surface area (TPSA) is 47.6 Å². The highest BCUT2D eigenvalue weighted by Crippen LogP contribution is 2.37. The molecule has 0 aromatic heterocycles. The Hall–Kier alpha value is -1.07. The van der Waals surface area contributed by atoms with Crippen LogP contribution in [0.5, 0.6) is 11.5 Å². The summed E-state index contributed by atoms with van der Waals surface area (Å²) in [5.74, 6) is 1.53. The van der Waals surface area contributed by atoms with Crippen molar-refractivity contribution in [2.24, 2.45) is 0 Å². The van der Waals surface area contributed by atoms with E-state index in [1.165, 1.54) is 11.8 Å². The molecule has 1 aliphatic heterocycles. The minimum atomic E-state index is -0.0870. The first-order valence-electron chi connectivity index (χ1n) is 5.08. The summed E-state index contributed by atoms with van der Waals surface area (Å²) >= 11 is 7.50. The standard InChI is InChI=1S/C11H12ClNO3S/c1-17-6-11(14)13-8-5-10-9(4-7(8)12)15-2-3-16-10/h4-5H,2-3,6H2,1H3,(H,13,14). The van der Waals surface area contributed by atoms with E-state index in [0.29, 0.717) is 41.2 Å². The average Bonchev–Trinajstić information content (AvgIpc) is 2.30. The number of benzene rings is 1. The maximum Gasteiger partial charge on any atom is 0.234 e. The molecule has 0 bridgehead atoms. The van der Waals surface area contributed by atoms with Crippen LogP contribution < -0.4 is 14.8 Å². The number of fused-ring (bicyclic) bond motifs is 1. The predicted molar refractivity (Wildman–Crippen MR) is 69.5 cm³/mol. The molecule has 0 fully saturated rings. The second kappa shape index (κ2) is 5.51. The van der Waals surface area contributed by atoms with Crippen LogP contribution in [0.1, 0.15) is 0 Å². The fourth-order valence-electron chi connectivity index (χ4n) is 1.48. The van der Waals surface area contributed by atoms with Crippen molar-refractivity contribution in [1.29, 1.82) is 0 Å². The third-order valence-electron chi connectivity index (χ3n) is 2.18. The highest BCUT2D eigenvalue weighted by atomic mass is 35.5. The summed E-state index contributed by atoms with van der Waals surface area (Å²) in [7, 11) is 0. The lowest BCUT2D eigenvalue weighted by Gasteiger charge is -2.19. The highest BCUT2D eigenvalue weighted by molar-refractivity contribution is 7.99. The number of hydrogen-bond acceptors (Lipinski definition) is 4. The lowest BCUT2D eigenvalue weighted by Crippen LogP contribution is -2.17. The van der Waals surface area contributed by atoms with Crippen LogP contribution in [0.3, 0.4) is 0 Å². The van der Waals surface area contributed by atoms with Gasteiger partial charge in [-0.05, 0) is 6.26 Å². The first-order chi connectivity index (χ1) is 8.20. The van der Waals surface area contributed by atoms with Crippen LogP contribution in [-0.4, -0.2) is 31.1 Å². The van der Waals surface area contributed by atoms with Crippen molar-refractivity contribution in [2.45, 2.75) is 0 Å². The summed E-state index contributed by atoms with van der Waals surface area (Å²) in [6.07, 6.45) is 1.87. The Bertz CT molecular complexity index is 439. The van der Waals surface area contributed by atoms with Gasteiger partial charge in [0, 0.05) is 12.1 Å². The lowest BCUT2D eigenvalue weighted by atomic mass is 10.2. The van der Waals surface area contributed by atoms with Crippen LogP contribution in [0.25, 0.3) is 0 Å². The second-order valence-electron chi connectivity index (χ2n) is 3.46. The van der Waals surface area contributed by atoms with E-state index >= 15 is 0 Å². The molecule has 1 aliphatic rings. The number of amides is 1. The van der Waals surface area contributed by atoms with Crippen LogP contribution in [0.4, 0.5) is 5.69 Å². The monoisotopic (exact) mass is 273 g/mol.